The van der Waals surface area contributed by atoms with Crippen LogP contribution in [0.3, 0.4) is 0 Å². The monoisotopic (exact) mass is 502 g/mol. The molecule has 0 saturated carbocycles. The molecule has 1 atom stereocenters. The molecule has 0 N–H and O–H groups in total. The van der Waals surface area contributed by atoms with Crippen LogP contribution in [-0.2, 0) is 29.7 Å². The van der Waals surface area contributed by atoms with E-state index in [0.29, 0.717) is 3.12 Å². The van der Waals surface area contributed by atoms with Crippen LogP contribution in [0.5, 0.6) is 0 Å². The van der Waals surface area contributed by atoms with Gasteiger partial charge >= 0.3 is 177 Å². The normalized spacial score (nSPS) is 20.6. The zero-order chi connectivity index (χ0) is 19.3. The van der Waals surface area contributed by atoms with E-state index in [-0.39, 0.29) is 24.8 Å². The molecule has 0 amide bonds. The molecule has 2 aromatic carbocycles. The van der Waals surface area contributed by atoms with Gasteiger partial charge < -0.3 is 24.8 Å². The number of rotatable bonds is 4. The Morgan fingerprint density at radius 2 is 1.62 bits per heavy atom. The summed E-state index contributed by atoms with van der Waals surface area (Å²) in [6.07, 6.45) is 3.66. The first-order chi connectivity index (χ1) is 12.9. The van der Waals surface area contributed by atoms with E-state index in [1.54, 1.807) is 42.3 Å². The van der Waals surface area contributed by atoms with Gasteiger partial charge in [-0.1, -0.05) is 0 Å². The largest absolute Gasteiger partial charge is 1.00 e. The third-order valence-electron chi connectivity index (χ3n) is 6.95. The summed E-state index contributed by atoms with van der Waals surface area (Å²) in [5.74, 6) is 0. The molecule has 4 rings (SSSR count). The predicted molar refractivity (Wildman–Crippen MR) is 115 cm³/mol. The molecule has 0 aromatic heterocycles. The maximum atomic E-state index is 2.57. The summed E-state index contributed by atoms with van der Waals surface area (Å²) in [7, 11) is 0. The third kappa shape index (κ3) is 3.89. The molecule has 2 aliphatic carbocycles. The summed E-state index contributed by atoms with van der Waals surface area (Å²) in [5.41, 5.74) is 11.4. The van der Waals surface area contributed by atoms with Crippen molar-refractivity contribution in [2.45, 2.75) is 63.9 Å². The number of fused-ring (bicyclic) bond motifs is 3. The molecule has 0 fully saturated rings. The molecule has 0 aliphatic heterocycles. The maximum absolute atomic E-state index is 2.57. The van der Waals surface area contributed by atoms with Crippen LogP contribution in [0.25, 0.3) is 14.1 Å². The van der Waals surface area contributed by atoms with Crippen molar-refractivity contribution in [3.8, 4) is 0 Å². The van der Waals surface area contributed by atoms with Crippen LogP contribution >= 0.6 is 0 Å². The number of benzene rings is 2. The zero-order valence-corrected chi connectivity index (χ0v) is 22.3. The average molecular weight is 505 g/mol. The Balaban J connectivity index is 0.00000150. The number of hydrogen-bond donors (Lipinski definition) is 0. The molecule has 0 spiro atoms. The second-order valence-electron chi connectivity index (χ2n) is 8.51. The van der Waals surface area contributed by atoms with Crippen molar-refractivity contribution >= 4 is 14.1 Å². The van der Waals surface area contributed by atoms with E-state index in [4.69, 9.17) is 0 Å². The van der Waals surface area contributed by atoms with Crippen molar-refractivity contribution in [2.24, 2.45) is 0 Å². The van der Waals surface area contributed by atoms with Crippen molar-refractivity contribution in [1.29, 1.82) is 0 Å². The van der Waals surface area contributed by atoms with Crippen molar-refractivity contribution in [1.82, 2.24) is 0 Å². The zero-order valence-electron chi connectivity index (χ0n) is 18.3. The summed E-state index contributed by atoms with van der Waals surface area (Å²) >= 11 is -0.856. The maximum Gasteiger partial charge on any atom is -1.00 e. The van der Waals surface area contributed by atoms with Crippen LogP contribution in [0.4, 0.5) is 0 Å². The molecular formula is C26H30Cl2Zr. The molecule has 3 heteroatoms. The standard InChI is InChI=1S/C14H11.C12H19.2ClH.Zr/c1-10-8-12-7-6-11-4-2-3-5-13(11)14(12)9-10;1-6-7-12-10(4)8(2)9(3)11(12)5;;;/h2-7H,8H2,1H3;6-7H2,1-5H3;2*1H;/q;;;;+2/p-2. The van der Waals surface area contributed by atoms with Crippen molar-refractivity contribution < 1.29 is 48.0 Å². The fourth-order valence-electron chi connectivity index (χ4n) is 5.11. The summed E-state index contributed by atoms with van der Waals surface area (Å²) in [6.45, 7) is 14.4. The third-order valence-corrected chi connectivity index (χ3v) is 12.1. The summed E-state index contributed by atoms with van der Waals surface area (Å²) in [6, 6.07) is 13.7. The number of halogens is 2. The van der Waals surface area contributed by atoms with Crippen LogP contribution in [0.1, 0.15) is 65.5 Å². The molecule has 152 valence electrons. The van der Waals surface area contributed by atoms with Gasteiger partial charge in [0.05, 0.1) is 0 Å². The van der Waals surface area contributed by atoms with Crippen LogP contribution in [0, 0.1) is 0 Å². The van der Waals surface area contributed by atoms with Crippen LogP contribution in [0.2, 0.25) is 3.12 Å². The van der Waals surface area contributed by atoms with Gasteiger partial charge in [0, 0.05) is 0 Å². The van der Waals surface area contributed by atoms with Gasteiger partial charge in [-0.05, 0) is 0 Å². The van der Waals surface area contributed by atoms with E-state index in [0.717, 1.165) is 6.42 Å². The molecule has 29 heavy (non-hydrogen) atoms. The van der Waals surface area contributed by atoms with E-state index in [1.165, 1.54) is 23.6 Å². The first-order valence-corrected chi connectivity index (χ1v) is 12.7. The summed E-state index contributed by atoms with van der Waals surface area (Å²) in [4.78, 5) is 0. The van der Waals surface area contributed by atoms with E-state index >= 15 is 0 Å². The molecule has 0 radical (unpaired) electrons. The van der Waals surface area contributed by atoms with Gasteiger partial charge in [0.1, 0.15) is 0 Å². The van der Waals surface area contributed by atoms with Gasteiger partial charge in [0.25, 0.3) is 0 Å². The summed E-state index contributed by atoms with van der Waals surface area (Å²) < 4.78 is 2.10. The molecule has 0 heterocycles. The number of allylic oxidation sites excluding steroid dienone is 5. The predicted octanol–water partition coefficient (Wildman–Crippen LogP) is 1.86. The Labute approximate surface area is 200 Å². The van der Waals surface area contributed by atoms with Gasteiger partial charge in [0.15, 0.2) is 0 Å². The fraction of sp³-hybridized carbons (Fsp3) is 0.385. The van der Waals surface area contributed by atoms with E-state index < -0.39 is 23.2 Å². The first-order valence-electron chi connectivity index (χ1n) is 10.3. The molecule has 0 bridgehead atoms. The molecule has 2 aromatic rings. The Hall–Kier alpha value is -0.617. The van der Waals surface area contributed by atoms with Gasteiger partial charge in [-0.3, -0.25) is 0 Å². The Bertz CT molecular complexity index is 1040. The van der Waals surface area contributed by atoms with Crippen molar-refractivity contribution in [3.05, 3.63) is 75.4 Å². The molecule has 0 nitrogen and oxygen atoms in total. The van der Waals surface area contributed by atoms with E-state index in [2.05, 4.69) is 77.9 Å². The second kappa shape index (κ2) is 9.25. The van der Waals surface area contributed by atoms with Gasteiger partial charge in [-0.25, -0.2) is 0 Å². The van der Waals surface area contributed by atoms with Crippen LogP contribution < -0.4 is 24.8 Å². The van der Waals surface area contributed by atoms with Gasteiger partial charge in [0.2, 0.25) is 0 Å². The minimum absolute atomic E-state index is 0. The van der Waals surface area contributed by atoms with Crippen LogP contribution in [-0.4, -0.2) is 0 Å². The Morgan fingerprint density at radius 1 is 0.931 bits per heavy atom. The minimum atomic E-state index is -0.856. The van der Waals surface area contributed by atoms with Crippen molar-refractivity contribution in [2.75, 3.05) is 0 Å². The molecule has 1 unspecified atom stereocenters. The van der Waals surface area contributed by atoms with E-state index in [1.807, 2.05) is 0 Å². The number of hydrogen-bond acceptors (Lipinski definition) is 0. The van der Waals surface area contributed by atoms with E-state index in [9.17, 15) is 0 Å². The Morgan fingerprint density at radius 3 is 2.31 bits per heavy atom. The molecule has 2 aliphatic rings. The van der Waals surface area contributed by atoms with Crippen molar-refractivity contribution in [3.63, 3.8) is 0 Å². The quantitative estimate of drug-likeness (QED) is 0.597. The smallest absolute Gasteiger partial charge is 1.00 e. The minimum Gasteiger partial charge on any atom is -1.00 e. The average Bonchev–Trinajstić information content (AvgIpc) is 3.06. The second-order valence-corrected chi connectivity index (χ2v) is 12.8. The Kier molecular flexibility index (Phi) is 7.87. The molecule has 0 saturated heterocycles. The topological polar surface area (TPSA) is 0 Å². The summed E-state index contributed by atoms with van der Waals surface area (Å²) in [5, 5.41) is 2.86. The first kappa shape index (κ1) is 24.7. The molecular weight excluding hydrogens is 474 g/mol. The fourth-order valence-corrected chi connectivity index (χ4v) is 10.2. The van der Waals surface area contributed by atoms with Gasteiger partial charge in [-0.2, -0.15) is 0 Å². The van der Waals surface area contributed by atoms with Crippen LogP contribution in [0.15, 0.2) is 64.3 Å². The van der Waals surface area contributed by atoms with Gasteiger partial charge in [-0.15, -0.1) is 0 Å². The SMILES string of the molecule is CCCC1=C(C)C(C)=C(C)[C]1(C)[Zr+2][C]1=C(C)Cc2ccc3ccccc3c21.[Cl-].[Cl-].